The van der Waals surface area contributed by atoms with Crippen LogP contribution in [-0.2, 0) is 4.79 Å². The maximum absolute atomic E-state index is 12.4. The van der Waals surface area contributed by atoms with E-state index in [2.05, 4.69) is 15.4 Å². The smallest absolute Gasteiger partial charge is 0.248 e. The number of carbonyl (C=O) groups excluding carboxylic acids is 1. The Hall–Kier alpha value is -3.61. The molecule has 7 nitrogen and oxygen atoms in total. The van der Waals surface area contributed by atoms with Gasteiger partial charge in [0.25, 0.3) is 0 Å². The van der Waals surface area contributed by atoms with E-state index in [1.54, 1.807) is 24.2 Å². The average Bonchev–Trinajstić information content (AvgIpc) is 3.22. The number of hydrogen-bond donors (Lipinski definition) is 1. The number of carbonyl (C=O) groups is 1. The lowest BCUT2D eigenvalue weighted by molar-refractivity contribution is -0.111. The number of anilines is 1. The monoisotopic (exact) mass is 378 g/mol. The van der Waals surface area contributed by atoms with Gasteiger partial charge in [-0.1, -0.05) is 18.2 Å². The second kappa shape index (κ2) is 8.85. The van der Waals surface area contributed by atoms with Gasteiger partial charge in [-0.2, -0.15) is 5.10 Å². The molecule has 0 aliphatic carbocycles. The standard InChI is InChI=1S/C21H22N4O3/c1-15(2)28-19-10-8-16(12-20(19)27-3)9-11-21(26)24-17-6-4-5-7-18(17)25-14-22-13-23-25/h4-15H,1-3H3,(H,24,26)/b11-9+. The van der Waals surface area contributed by atoms with Crippen molar-refractivity contribution in [3.8, 4) is 17.2 Å². The van der Waals surface area contributed by atoms with Gasteiger partial charge in [-0.05, 0) is 49.8 Å². The van der Waals surface area contributed by atoms with Crippen molar-refractivity contribution >= 4 is 17.7 Å². The zero-order valence-electron chi connectivity index (χ0n) is 16.0. The van der Waals surface area contributed by atoms with Gasteiger partial charge in [0.2, 0.25) is 5.91 Å². The fourth-order valence-electron chi connectivity index (χ4n) is 2.60. The Morgan fingerprint density at radius 3 is 2.71 bits per heavy atom. The van der Waals surface area contributed by atoms with Gasteiger partial charge in [-0.15, -0.1) is 0 Å². The Labute approximate surface area is 163 Å². The molecule has 0 atom stereocenters. The number of nitrogens with zero attached hydrogens (tertiary/aromatic N) is 3. The van der Waals surface area contributed by atoms with Crippen molar-refractivity contribution in [1.82, 2.24) is 14.8 Å². The van der Waals surface area contributed by atoms with Crippen LogP contribution in [0.1, 0.15) is 19.4 Å². The molecule has 0 saturated heterocycles. The van der Waals surface area contributed by atoms with E-state index in [4.69, 9.17) is 9.47 Å². The highest BCUT2D eigenvalue weighted by Crippen LogP contribution is 2.29. The Morgan fingerprint density at radius 1 is 1.18 bits per heavy atom. The van der Waals surface area contributed by atoms with Gasteiger partial charge in [0.05, 0.1) is 24.6 Å². The molecule has 1 heterocycles. The predicted molar refractivity (Wildman–Crippen MR) is 108 cm³/mol. The molecule has 7 heteroatoms. The summed E-state index contributed by atoms with van der Waals surface area (Å²) in [6, 6.07) is 12.9. The normalized spacial score (nSPS) is 11.0. The second-order valence-electron chi connectivity index (χ2n) is 6.26. The minimum Gasteiger partial charge on any atom is -0.493 e. The fourth-order valence-corrected chi connectivity index (χ4v) is 2.60. The van der Waals surface area contributed by atoms with E-state index in [0.29, 0.717) is 17.2 Å². The number of benzene rings is 2. The van der Waals surface area contributed by atoms with Crippen LogP contribution in [0.15, 0.2) is 61.2 Å². The minimum absolute atomic E-state index is 0.0473. The Kier molecular flexibility index (Phi) is 6.06. The van der Waals surface area contributed by atoms with E-state index < -0.39 is 0 Å². The summed E-state index contributed by atoms with van der Waals surface area (Å²) in [6.45, 7) is 3.91. The molecule has 0 saturated carbocycles. The summed E-state index contributed by atoms with van der Waals surface area (Å²) in [4.78, 5) is 16.3. The topological polar surface area (TPSA) is 78.3 Å². The number of aromatic nitrogens is 3. The van der Waals surface area contributed by atoms with Crippen molar-refractivity contribution in [1.29, 1.82) is 0 Å². The highest BCUT2D eigenvalue weighted by atomic mass is 16.5. The van der Waals surface area contributed by atoms with Crippen LogP contribution >= 0.6 is 0 Å². The number of methoxy groups -OCH3 is 1. The first-order valence-electron chi connectivity index (χ1n) is 8.84. The van der Waals surface area contributed by atoms with Gasteiger partial charge < -0.3 is 14.8 Å². The molecule has 0 fully saturated rings. The largest absolute Gasteiger partial charge is 0.493 e. The molecule has 0 bridgehead atoms. The van der Waals surface area contributed by atoms with Crippen LogP contribution in [-0.4, -0.2) is 33.9 Å². The Bertz CT molecular complexity index is 966. The summed E-state index contributed by atoms with van der Waals surface area (Å²) in [5, 5.41) is 6.97. The number of hydrogen-bond acceptors (Lipinski definition) is 5. The van der Waals surface area contributed by atoms with Crippen molar-refractivity contribution in [2.24, 2.45) is 0 Å². The first-order chi connectivity index (χ1) is 13.6. The molecule has 1 aromatic heterocycles. The third kappa shape index (κ3) is 4.76. The third-order valence-corrected chi connectivity index (χ3v) is 3.80. The molecule has 3 aromatic rings. The SMILES string of the molecule is COc1cc(/C=C/C(=O)Nc2ccccc2-n2cncn2)ccc1OC(C)C. The summed E-state index contributed by atoms with van der Waals surface area (Å²) in [5.74, 6) is 1.03. The van der Waals surface area contributed by atoms with Crippen molar-refractivity contribution in [3.05, 3.63) is 66.8 Å². The molecule has 2 aromatic carbocycles. The number of amides is 1. The molecule has 0 aliphatic rings. The van der Waals surface area contributed by atoms with Gasteiger partial charge in [0.15, 0.2) is 11.5 Å². The molecule has 1 N–H and O–H groups in total. The summed E-state index contributed by atoms with van der Waals surface area (Å²) in [5.41, 5.74) is 2.20. The van der Waals surface area contributed by atoms with Crippen LogP contribution in [0.3, 0.4) is 0 Å². The van der Waals surface area contributed by atoms with Crippen LogP contribution in [0, 0.1) is 0 Å². The number of ether oxygens (including phenoxy) is 2. The lowest BCUT2D eigenvalue weighted by atomic mass is 10.2. The molecule has 1 amide bonds. The predicted octanol–water partition coefficient (Wildman–Crippen LogP) is 3.72. The molecule has 0 aliphatic heterocycles. The van der Waals surface area contributed by atoms with Crippen LogP contribution in [0.2, 0.25) is 0 Å². The molecule has 144 valence electrons. The van der Waals surface area contributed by atoms with Gasteiger partial charge in [0.1, 0.15) is 12.7 Å². The van der Waals surface area contributed by atoms with E-state index >= 15 is 0 Å². The minimum atomic E-state index is -0.256. The average molecular weight is 378 g/mol. The maximum Gasteiger partial charge on any atom is 0.248 e. The summed E-state index contributed by atoms with van der Waals surface area (Å²) >= 11 is 0. The molecular formula is C21H22N4O3. The van der Waals surface area contributed by atoms with Gasteiger partial charge >= 0.3 is 0 Å². The Balaban J connectivity index is 1.73. The summed E-state index contributed by atoms with van der Waals surface area (Å²) < 4.78 is 12.7. The number of para-hydroxylation sites is 2. The van der Waals surface area contributed by atoms with Crippen molar-refractivity contribution in [3.63, 3.8) is 0 Å². The number of rotatable bonds is 7. The molecule has 0 spiro atoms. The van der Waals surface area contributed by atoms with Crippen LogP contribution < -0.4 is 14.8 Å². The maximum atomic E-state index is 12.4. The Morgan fingerprint density at radius 2 is 2.00 bits per heavy atom. The van der Waals surface area contributed by atoms with Crippen LogP contribution in [0.4, 0.5) is 5.69 Å². The zero-order chi connectivity index (χ0) is 19.9. The highest BCUT2D eigenvalue weighted by Gasteiger charge is 2.08. The van der Waals surface area contributed by atoms with E-state index in [1.165, 1.54) is 12.4 Å². The van der Waals surface area contributed by atoms with Crippen molar-refractivity contribution in [2.45, 2.75) is 20.0 Å². The van der Waals surface area contributed by atoms with E-state index in [9.17, 15) is 4.79 Å². The number of nitrogens with one attached hydrogen (secondary N) is 1. The van der Waals surface area contributed by atoms with E-state index in [-0.39, 0.29) is 12.0 Å². The van der Waals surface area contributed by atoms with Crippen LogP contribution in [0.25, 0.3) is 11.8 Å². The first kappa shape index (κ1) is 19.2. The summed E-state index contributed by atoms with van der Waals surface area (Å²) in [7, 11) is 1.59. The lowest BCUT2D eigenvalue weighted by Crippen LogP contribution is -2.10. The first-order valence-corrected chi connectivity index (χ1v) is 8.84. The third-order valence-electron chi connectivity index (χ3n) is 3.80. The van der Waals surface area contributed by atoms with Crippen LogP contribution in [0.5, 0.6) is 11.5 Å². The van der Waals surface area contributed by atoms with E-state index in [1.807, 2.05) is 56.3 Å². The van der Waals surface area contributed by atoms with Gasteiger partial charge in [-0.25, -0.2) is 9.67 Å². The molecule has 0 unspecified atom stereocenters. The lowest BCUT2D eigenvalue weighted by Gasteiger charge is -2.13. The molecular weight excluding hydrogens is 356 g/mol. The molecule has 28 heavy (non-hydrogen) atoms. The van der Waals surface area contributed by atoms with Crippen molar-refractivity contribution < 1.29 is 14.3 Å². The van der Waals surface area contributed by atoms with Crippen molar-refractivity contribution in [2.75, 3.05) is 12.4 Å². The molecule has 3 rings (SSSR count). The second-order valence-corrected chi connectivity index (χ2v) is 6.26. The fraction of sp³-hybridized carbons (Fsp3) is 0.190. The quantitative estimate of drug-likeness (QED) is 0.634. The highest BCUT2D eigenvalue weighted by molar-refractivity contribution is 6.03. The van der Waals surface area contributed by atoms with Gasteiger partial charge in [-0.3, -0.25) is 4.79 Å². The molecule has 0 radical (unpaired) electrons. The van der Waals surface area contributed by atoms with Gasteiger partial charge in [0, 0.05) is 6.08 Å². The summed E-state index contributed by atoms with van der Waals surface area (Å²) in [6.07, 6.45) is 6.25. The van der Waals surface area contributed by atoms with E-state index in [0.717, 1.165) is 11.3 Å². The zero-order valence-corrected chi connectivity index (χ0v) is 16.0.